The molecule has 0 spiro atoms. The van der Waals surface area contributed by atoms with E-state index in [2.05, 4.69) is 39.0 Å². The molecule has 1 aromatic carbocycles. The van der Waals surface area contributed by atoms with E-state index in [0.29, 0.717) is 6.54 Å². The minimum absolute atomic E-state index is 0.188. The van der Waals surface area contributed by atoms with E-state index in [9.17, 15) is 0 Å². The Kier molecular flexibility index (Phi) is 5.16. The van der Waals surface area contributed by atoms with Gasteiger partial charge >= 0.3 is 0 Å². The third-order valence-electron chi connectivity index (χ3n) is 3.07. The average Bonchev–Trinajstić information content (AvgIpc) is 2.28. The van der Waals surface area contributed by atoms with Gasteiger partial charge in [0.15, 0.2) is 0 Å². The van der Waals surface area contributed by atoms with Gasteiger partial charge in [-0.15, -0.1) is 0 Å². The predicted molar refractivity (Wildman–Crippen MR) is 75.0 cm³/mol. The number of hydrogen-bond acceptors (Lipinski definition) is 2. The minimum Gasteiger partial charge on any atom is -0.330 e. The van der Waals surface area contributed by atoms with Crippen LogP contribution in [0.3, 0.4) is 0 Å². The van der Waals surface area contributed by atoms with Crippen molar-refractivity contribution >= 4 is 0 Å². The molecule has 0 saturated carbocycles. The highest BCUT2D eigenvalue weighted by Crippen LogP contribution is 2.25. The molecular formula is C15H26N2. The summed E-state index contributed by atoms with van der Waals surface area (Å²) >= 11 is 0. The van der Waals surface area contributed by atoms with Gasteiger partial charge in [0.1, 0.15) is 0 Å². The SMILES string of the molecule is CC(C)(C)c1cc(CN)cc(CCCCN)c1. The molecule has 0 aliphatic rings. The molecule has 0 heterocycles. The van der Waals surface area contributed by atoms with E-state index in [1.54, 1.807) is 0 Å². The van der Waals surface area contributed by atoms with Gasteiger partial charge < -0.3 is 11.5 Å². The van der Waals surface area contributed by atoms with E-state index < -0.39 is 0 Å². The average molecular weight is 234 g/mol. The summed E-state index contributed by atoms with van der Waals surface area (Å²) in [5.41, 5.74) is 15.5. The lowest BCUT2D eigenvalue weighted by Gasteiger charge is -2.21. The Morgan fingerprint density at radius 1 is 0.941 bits per heavy atom. The van der Waals surface area contributed by atoms with E-state index >= 15 is 0 Å². The smallest absolute Gasteiger partial charge is 0.0178 e. The maximum absolute atomic E-state index is 5.77. The van der Waals surface area contributed by atoms with E-state index in [1.165, 1.54) is 16.7 Å². The number of aryl methyl sites for hydroxylation is 1. The highest BCUT2D eigenvalue weighted by Gasteiger charge is 2.14. The quantitative estimate of drug-likeness (QED) is 0.770. The first-order valence-corrected chi connectivity index (χ1v) is 6.51. The lowest BCUT2D eigenvalue weighted by atomic mass is 9.84. The fraction of sp³-hybridized carbons (Fsp3) is 0.600. The Morgan fingerprint density at radius 3 is 2.12 bits per heavy atom. The predicted octanol–water partition coefficient (Wildman–Crippen LogP) is 2.72. The van der Waals surface area contributed by atoms with Crippen molar-refractivity contribution in [1.82, 2.24) is 0 Å². The molecule has 0 aliphatic heterocycles. The zero-order valence-electron chi connectivity index (χ0n) is 11.4. The Labute approximate surface area is 105 Å². The summed E-state index contributed by atoms with van der Waals surface area (Å²) in [6, 6.07) is 6.77. The van der Waals surface area contributed by atoms with Crippen molar-refractivity contribution in [2.45, 2.75) is 52.0 Å². The van der Waals surface area contributed by atoms with Gasteiger partial charge in [-0.1, -0.05) is 39.0 Å². The molecule has 0 saturated heterocycles. The summed E-state index contributed by atoms with van der Waals surface area (Å²) in [6.07, 6.45) is 3.36. The minimum atomic E-state index is 0.188. The summed E-state index contributed by atoms with van der Waals surface area (Å²) < 4.78 is 0. The van der Waals surface area contributed by atoms with Gasteiger partial charge in [-0.25, -0.2) is 0 Å². The third-order valence-corrected chi connectivity index (χ3v) is 3.07. The second kappa shape index (κ2) is 6.18. The zero-order chi connectivity index (χ0) is 12.9. The first-order chi connectivity index (χ1) is 7.97. The lowest BCUT2D eigenvalue weighted by Crippen LogP contribution is -2.13. The van der Waals surface area contributed by atoms with Crippen LogP contribution in [-0.4, -0.2) is 6.54 Å². The van der Waals surface area contributed by atoms with E-state index in [-0.39, 0.29) is 5.41 Å². The molecule has 17 heavy (non-hydrogen) atoms. The molecule has 1 aromatic rings. The molecule has 2 heteroatoms. The Hall–Kier alpha value is -0.860. The van der Waals surface area contributed by atoms with Crippen LogP contribution in [0.15, 0.2) is 18.2 Å². The fourth-order valence-corrected chi connectivity index (χ4v) is 1.93. The van der Waals surface area contributed by atoms with Crippen LogP contribution < -0.4 is 11.5 Å². The van der Waals surface area contributed by atoms with Crippen LogP contribution >= 0.6 is 0 Å². The van der Waals surface area contributed by atoms with Crippen LogP contribution in [-0.2, 0) is 18.4 Å². The highest BCUT2D eigenvalue weighted by atomic mass is 14.5. The van der Waals surface area contributed by atoms with Gasteiger partial charge in [0, 0.05) is 6.54 Å². The highest BCUT2D eigenvalue weighted by molar-refractivity contribution is 5.34. The van der Waals surface area contributed by atoms with Crippen molar-refractivity contribution in [3.05, 3.63) is 34.9 Å². The second-order valence-electron chi connectivity index (χ2n) is 5.74. The summed E-state index contributed by atoms with van der Waals surface area (Å²) in [5.74, 6) is 0. The first-order valence-electron chi connectivity index (χ1n) is 6.51. The number of rotatable bonds is 5. The van der Waals surface area contributed by atoms with Crippen molar-refractivity contribution in [1.29, 1.82) is 0 Å². The Morgan fingerprint density at radius 2 is 1.59 bits per heavy atom. The molecule has 0 fully saturated rings. The summed E-state index contributed by atoms with van der Waals surface area (Å²) in [7, 11) is 0. The Balaban J connectivity index is 2.89. The molecule has 2 nitrogen and oxygen atoms in total. The van der Waals surface area contributed by atoms with E-state index in [1.807, 2.05) is 0 Å². The first kappa shape index (κ1) is 14.2. The van der Waals surface area contributed by atoms with Crippen molar-refractivity contribution in [2.24, 2.45) is 11.5 Å². The second-order valence-corrected chi connectivity index (χ2v) is 5.74. The van der Waals surface area contributed by atoms with Gasteiger partial charge in [-0.2, -0.15) is 0 Å². The summed E-state index contributed by atoms with van der Waals surface area (Å²) in [6.45, 7) is 8.13. The Bertz CT molecular complexity index is 350. The van der Waals surface area contributed by atoms with Gasteiger partial charge in [0.25, 0.3) is 0 Å². The van der Waals surface area contributed by atoms with Gasteiger partial charge in [-0.3, -0.25) is 0 Å². The van der Waals surface area contributed by atoms with Crippen molar-refractivity contribution < 1.29 is 0 Å². The van der Waals surface area contributed by atoms with Crippen LogP contribution in [0.4, 0.5) is 0 Å². The van der Waals surface area contributed by atoms with Gasteiger partial charge in [0.05, 0.1) is 0 Å². The van der Waals surface area contributed by atoms with E-state index in [4.69, 9.17) is 11.5 Å². The summed E-state index contributed by atoms with van der Waals surface area (Å²) in [5, 5.41) is 0. The van der Waals surface area contributed by atoms with Crippen LogP contribution in [0.2, 0.25) is 0 Å². The number of nitrogens with two attached hydrogens (primary N) is 2. The molecule has 1 rings (SSSR count). The molecule has 4 N–H and O–H groups in total. The molecule has 0 bridgehead atoms. The van der Waals surface area contributed by atoms with Crippen LogP contribution in [0.5, 0.6) is 0 Å². The van der Waals surface area contributed by atoms with Gasteiger partial charge in [0.2, 0.25) is 0 Å². The molecule has 0 unspecified atom stereocenters. The molecular weight excluding hydrogens is 208 g/mol. The largest absolute Gasteiger partial charge is 0.330 e. The lowest BCUT2D eigenvalue weighted by molar-refractivity contribution is 0.587. The van der Waals surface area contributed by atoms with Crippen LogP contribution in [0.25, 0.3) is 0 Å². The molecule has 0 atom stereocenters. The topological polar surface area (TPSA) is 52.0 Å². The fourth-order valence-electron chi connectivity index (χ4n) is 1.93. The molecule has 0 amide bonds. The van der Waals surface area contributed by atoms with Crippen molar-refractivity contribution in [3.63, 3.8) is 0 Å². The molecule has 96 valence electrons. The number of benzene rings is 1. The number of hydrogen-bond donors (Lipinski definition) is 2. The third kappa shape index (κ3) is 4.49. The van der Waals surface area contributed by atoms with Crippen molar-refractivity contribution in [2.75, 3.05) is 6.54 Å². The normalized spacial score (nSPS) is 11.8. The molecule has 0 radical (unpaired) electrons. The maximum Gasteiger partial charge on any atom is 0.0178 e. The zero-order valence-corrected chi connectivity index (χ0v) is 11.4. The summed E-state index contributed by atoms with van der Waals surface area (Å²) in [4.78, 5) is 0. The van der Waals surface area contributed by atoms with Gasteiger partial charge in [-0.05, 0) is 47.9 Å². The maximum atomic E-state index is 5.77. The van der Waals surface area contributed by atoms with Crippen molar-refractivity contribution in [3.8, 4) is 0 Å². The molecule has 0 aliphatic carbocycles. The number of unbranched alkanes of at least 4 members (excludes halogenated alkanes) is 1. The molecule has 0 aromatic heterocycles. The monoisotopic (exact) mass is 234 g/mol. The standard InChI is InChI=1S/C15H26N2/c1-15(2,3)14-9-12(6-4-5-7-16)8-13(10-14)11-17/h8-10H,4-7,11,16-17H2,1-3H3. The van der Waals surface area contributed by atoms with E-state index in [0.717, 1.165) is 25.8 Å². The van der Waals surface area contributed by atoms with Crippen LogP contribution in [0, 0.1) is 0 Å². The van der Waals surface area contributed by atoms with Crippen LogP contribution in [0.1, 0.15) is 50.3 Å².